The summed E-state index contributed by atoms with van der Waals surface area (Å²) in [7, 11) is -0.307. The summed E-state index contributed by atoms with van der Waals surface area (Å²) in [5.41, 5.74) is 19.4. The van der Waals surface area contributed by atoms with E-state index in [1.807, 2.05) is 88.6 Å². The number of rotatable bonds is 8. The van der Waals surface area contributed by atoms with E-state index >= 15 is 0 Å². The minimum Gasteiger partial charge on any atom is -0.399 e. The lowest BCUT2D eigenvalue weighted by Crippen LogP contribution is -2.41. The summed E-state index contributed by atoms with van der Waals surface area (Å²) in [5.74, 6) is 0.494. The summed E-state index contributed by atoms with van der Waals surface area (Å²) in [5, 5.41) is 14.2. The van der Waals surface area contributed by atoms with Gasteiger partial charge in [0.15, 0.2) is 0 Å². The van der Waals surface area contributed by atoms with Crippen LogP contribution in [0.2, 0.25) is 5.02 Å². The average Bonchev–Trinajstić information content (AvgIpc) is 3.91. The molecule has 1 aliphatic rings. The van der Waals surface area contributed by atoms with E-state index < -0.39 is 0 Å². The van der Waals surface area contributed by atoms with E-state index in [1.54, 1.807) is 12.4 Å². The van der Waals surface area contributed by atoms with E-state index in [0.717, 1.165) is 21.6 Å². The van der Waals surface area contributed by atoms with Crippen LogP contribution in [0.4, 0.5) is 0 Å². The van der Waals surface area contributed by atoms with Gasteiger partial charge in [0.25, 0.3) is 0 Å². The number of aromatic nitrogens is 4. The second-order valence-corrected chi connectivity index (χ2v) is 13.6. The quantitative estimate of drug-likeness (QED) is 0.119. The van der Waals surface area contributed by atoms with E-state index in [0.29, 0.717) is 13.1 Å². The predicted octanol–water partition coefficient (Wildman–Crippen LogP) is 7.73. The number of nitrogens with zero attached hydrogens (tertiary/aromatic N) is 2. The zero-order valence-electron chi connectivity index (χ0n) is 29.5. The van der Waals surface area contributed by atoms with E-state index in [1.165, 1.54) is 22.3 Å². The first-order valence-corrected chi connectivity index (χ1v) is 17.2. The molecular weight excluding hydrogens is 678 g/mol. The number of aromatic amines is 2. The van der Waals surface area contributed by atoms with E-state index in [9.17, 15) is 0 Å². The summed E-state index contributed by atoms with van der Waals surface area (Å²) in [6, 6.07) is 37.1. The molecule has 2 aromatic heterocycles. The smallest absolute Gasteiger partial charge is 0.399 e. The third-order valence-corrected chi connectivity index (χ3v) is 9.59. The highest BCUT2D eigenvalue weighted by atomic mass is 35.5. The van der Waals surface area contributed by atoms with Crippen LogP contribution in [0.15, 0.2) is 134 Å². The van der Waals surface area contributed by atoms with Gasteiger partial charge in [-0.15, -0.1) is 12.4 Å². The highest BCUT2D eigenvalue weighted by Gasteiger charge is 2.52. The van der Waals surface area contributed by atoms with E-state index in [4.69, 9.17) is 32.4 Å². The summed E-state index contributed by atoms with van der Waals surface area (Å²) < 4.78 is 11.7. The van der Waals surface area contributed by atoms with Crippen molar-refractivity contribution in [3.8, 4) is 11.1 Å². The van der Waals surface area contributed by atoms with Crippen molar-refractivity contribution < 1.29 is 9.31 Å². The number of hydrogen-bond acceptors (Lipinski definition) is 6. The molecule has 1 aliphatic heterocycles. The van der Waals surface area contributed by atoms with Crippen molar-refractivity contribution in [2.75, 3.05) is 13.1 Å². The third kappa shape index (κ3) is 10.2. The fourth-order valence-electron chi connectivity index (χ4n) is 5.68. The van der Waals surface area contributed by atoms with Gasteiger partial charge in [0, 0.05) is 59.6 Å². The van der Waals surface area contributed by atoms with Gasteiger partial charge in [-0.3, -0.25) is 10.2 Å². The molecule has 8 nitrogen and oxygen atoms in total. The van der Waals surface area contributed by atoms with Crippen LogP contribution in [0.5, 0.6) is 0 Å². The van der Waals surface area contributed by atoms with Crippen molar-refractivity contribution in [2.45, 2.75) is 50.7 Å². The number of benzene rings is 4. The summed E-state index contributed by atoms with van der Waals surface area (Å²) in [6.45, 7) is 9.35. The zero-order chi connectivity index (χ0) is 35.6. The lowest BCUT2D eigenvalue weighted by Gasteiger charge is -2.32. The Morgan fingerprint density at radius 3 is 1.45 bits per heavy atom. The van der Waals surface area contributed by atoms with Crippen LogP contribution >= 0.6 is 24.0 Å². The first-order chi connectivity index (χ1) is 24.1. The van der Waals surface area contributed by atoms with Gasteiger partial charge in [-0.05, 0) is 67.6 Å². The van der Waals surface area contributed by atoms with Gasteiger partial charge in [0.05, 0.1) is 17.4 Å². The number of halogens is 2. The number of H-pyrrole nitrogens is 2. The van der Waals surface area contributed by atoms with Crippen LogP contribution in [0.1, 0.15) is 61.8 Å². The van der Waals surface area contributed by atoms with Crippen molar-refractivity contribution in [1.29, 1.82) is 0 Å². The van der Waals surface area contributed by atoms with Crippen LogP contribution < -0.4 is 16.9 Å². The average molecular weight is 726 g/mol. The highest BCUT2D eigenvalue weighted by Crippen LogP contribution is 2.36. The minimum atomic E-state index is -0.307. The molecule has 3 heterocycles. The Kier molecular flexibility index (Phi) is 14.2. The number of nitrogens with two attached hydrogens (primary N) is 2. The molecule has 6 N–H and O–H groups in total. The molecule has 0 aliphatic carbocycles. The number of hydrogen-bond donors (Lipinski definition) is 4. The molecule has 0 saturated carbocycles. The third-order valence-electron chi connectivity index (χ3n) is 9.34. The molecule has 0 bridgehead atoms. The summed E-state index contributed by atoms with van der Waals surface area (Å²) in [6.07, 6.45) is 7.24. The van der Waals surface area contributed by atoms with Crippen molar-refractivity contribution in [2.24, 2.45) is 11.5 Å². The first kappa shape index (κ1) is 39.6. The predicted molar refractivity (Wildman–Crippen MR) is 212 cm³/mol. The molecule has 4 aromatic carbocycles. The minimum absolute atomic E-state index is 0. The van der Waals surface area contributed by atoms with Gasteiger partial charge in [0.1, 0.15) is 0 Å². The lowest BCUT2D eigenvalue weighted by molar-refractivity contribution is 0.00578. The lowest BCUT2D eigenvalue weighted by atomic mass is 9.82. The molecule has 7 rings (SSSR count). The van der Waals surface area contributed by atoms with Gasteiger partial charge in [-0.1, -0.05) is 109 Å². The Morgan fingerprint density at radius 1 is 0.608 bits per heavy atom. The van der Waals surface area contributed by atoms with Crippen LogP contribution in [0, 0.1) is 0 Å². The monoisotopic (exact) mass is 724 g/mol. The molecule has 0 amide bonds. The first-order valence-electron chi connectivity index (χ1n) is 16.8. The molecule has 11 heteroatoms. The maximum absolute atomic E-state index is 5.95. The molecule has 266 valence electrons. The summed E-state index contributed by atoms with van der Waals surface area (Å²) >= 11 is 5.87. The molecule has 51 heavy (non-hydrogen) atoms. The zero-order valence-corrected chi connectivity index (χ0v) is 31.1. The Hall–Kier alpha value is -4.22. The summed E-state index contributed by atoms with van der Waals surface area (Å²) in [4.78, 5) is 0. The maximum Gasteiger partial charge on any atom is 0.498 e. The van der Waals surface area contributed by atoms with Gasteiger partial charge in [0.2, 0.25) is 0 Å². The molecular formula is C40H47BCl2N6O2. The van der Waals surface area contributed by atoms with Crippen LogP contribution in [-0.4, -0.2) is 51.8 Å². The van der Waals surface area contributed by atoms with Crippen molar-refractivity contribution in [3.05, 3.63) is 161 Å². The Morgan fingerprint density at radius 2 is 1.04 bits per heavy atom. The van der Waals surface area contributed by atoms with Gasteiger partial charge < -0.3 is 20.8 Å². The van der Waals surface area contributed by atoms with Crippen molar-refractivity contribution >= 4 is 36.6 Å². The molecule has 0 spiro atoms. The van der Waals surface area contributed by atoms with Crippen LogP contribution in [0.25, 0.3) is 11.1 Å². The topological polar surface area (TPSA) is 128 Å². The maximum atomic E-state index is 5.95. The van der Waals surface area contributed by atoms with Gasteiger partial charge in [-0.2, -0.15) is 10.2 Å². The molecule has 0 radical (unpaired) electrons. The fraction of sp³-hybridized carbons (Fsp3) is 0.250. The van der Waals surface area contributed by atoms with E-state index in [-0.39, 0.29) is 42.6 Å². The van der Waals surface area contributed by atoms with Crippen molar-refractivity contribution in [3.63, 3.8) is 0 Å². The van der Waals surface area contributed by atoms with Crippen molar-refractivity contribution in [1.82, 2.24) is 20.4 Å². The van der Waals surface area contributed by atoms with Gasteiger partial charge in [-0.25, -0.2) is 0 Å². The molecule has 6 aromatic rings. The molecule has 1 fully saturated rings. The second kappa shape index (κ2) is 18.3. The molecule has 1 saturated heterocycles. The van der Waals surface area contributed by atoms with Gasteiger partial charge >= 0.3 is 7.12 Å². The highest BCUT2D eigenvalue weighted by molar-refractivity contribution is 6.61. The Balaban J connectivity index is 0.000000173. The van der Waals surface area contributed by atoms with E-state index in [2.05, 4.69) is 81.1 Å². The number of nitrogens with one attached hydrogen (secondary N) is 2. The van der Waals surface area contributed by atoms with Crippen LogP contribution in [0.3, 0.4) is 0 Å². The normalized spacial score (nSPS) is 15.3. The largest absolute Gasteiger partial charge is 0.498 e. The SMILES string of the molecule is CC1(C)OB(c2cn[nH]c2)OC1(C)C.Cl.NCC(c1ccccc1)c1ccc(-c2cn[nH]c2)cc1.NCC(c1ccccc1)c1ccc(Cl)cc1. The van der Waals surface area contributed by atoms with Crippen LogP contribution in [-0.2, 0) is 9.31 Å². The second-order valence-electron chi connectivity index (χ2n) is 13.2. The Bertz CT molecular complexity index is 1820. The fourth-order valence-corrected chi connectivity index (χ4v) is 5.81. The molecule has 2 unspecified atom stereocenters. The standard InChI is InChI=1S/C17H17N3.C14H14ClN.C9H15BN2O2.ClH/c18-10-17(14-4-2-1-3-5-14)15-8-6-13(7-9-15)16-11-19-20-12-16;15-13-8-6-12(7-9-13)14(10-16)11-4-2-1-3-5-11;1-8(2)9(3,4)14-10(13-8)7-5-11-12-6-7;/h1-9,11-12,17H,10,18H2,(H,19,20);1-9,14H,10,16H2;5-6H,1-4H3,(H,11,12);1H. The Labute approximate surface area is 312 Å². The molecule has 2 atom stereocenters.